The van der Waals surface area contributed by atoms with Crippen LogP contribution in [0.25, 0.3) is 83.0 Å². The van der Waals surface area contributed by atoms with Crippen molar-refractivity contribution in [1.82, 2.24) is 14.8 Å². The first kappa shape index (κ1) is 27.0. The van der Waals surface area contributed by atoms with Gasteiger partial charge in [0.2, 0.25) is 0 Å². The molecule has 1 heterocycles. The van der Waals surface area contributed by atoms with Gasteiger partial charge in [0.1, 0.15) is 0 Å². The second-order valence-corrected chi connectivity index (χ2v) is 11.9. The zero-order chi connectivity index (χ0) is 31.2. The van der Waals surface area contributed by atoms with Crippen LogP contribution >= 0.6 is 0 Å². The number of fused-ring (bicyclic) bond motifs is 3. The maximum absolute atomic E-state index is 4.72. The summed E-state index contributed by atoms with van der Waals surface area (Å²) in [5.41, 5.74) is 7.96. The molecule has 0 N–H and O–H groups in total. The molecule has 0 amide bonds. The minimum atomic E-state index is 0.808. The van der Waals surface area contributed by atoms with Gasteiger partial charge in [0.15, 0.2) is 11.6 Å². The molecule has 0 fully saturated rings. The molecule has 0 unspecified atom stereocenters. The summed E-state index contributed by atoms with van der Waals surface area (Å²) in [5.74, 6) is 1.63. The fourth-order valence-electron chi connectivity index (χ4n) is 6.95. The predicted octanol–water partition coefficient (Wildman–Crippen LogP) is 11.4. The van der Waals surface area contributed by atoms with Crippen molar-refractivity contribution in [2.45, 2.75) is 0 Å². The monoisotopic (exact) mass is 599 g/mol. The number of benzene rings is 8. The highest BCUT2D eigenvalue weighted by atomic mass is 15.3. The molecule has 3 nitrogen and oxygen atoms in total. The number of hydrogen-bond donors (Lipinski definition) is 0. The van der Waals surface area contributed by atoms with Crippen LogP contribution in [-0.4, -0.2) is 14.8 Å². The number of para-hydroxylation sites is 1. The van der Waals surface area contributed by atoms with Gasteiger partial charge in [-0.3, -0.25) is 4.57 Å². The van der Waals surface area contributed by atoms with E-state index in [4.69, 9.17) is 5.10 Å². The van der Waals surface area contributed by atoms with E-state index in [1.54, 1.807) is 0 Å². The minimum absolute atomic E-state index is 0.808. The summed E-state index contributed by atoms with van der Waals surface area (Å²) in [6.07, 6.45) is 0. The molecule has 0 bridgehead atoms. The molecule has 0 aliphatic rings. The van der Waals surface area contributed by atoms with E-state index < -0.39 is 0 Å². The maximum atomic E-state index is 4.72. The Morgan fingerprint density at radius 1 is 0.319 bits per heavy atom. The molecule has 9 rings (SSSR count). The average molecular weight is 600 g/mol. The molecule has 1 aromatic heterocycles. The van der Waals surface area contributed by atoms with Crippen LogP contribution in [0.1, 0.15) is 0 Å². The minimum Gasteiger partial charge on any atom is -0.275 e. The second-order valence-electron chi connectivity index (χ2n) is 11.9. The Kier molecular flexibility index (Phi) is 6.46. The van der Waals surface area contributed by atoms with Gasteiger partial charge in [-0.05, 0) is 72.8 Å². The topological polar surface area (TPSA) is 30.7 Å². The third kappa shape index (κ3) is 4.60. The van der Waals surface area contributed by atoms with Gasteiger partial charge >= 0.3 is 0 Å². The summed E-state index contributed by atoms with van der Waals surface area (Å²) in [7, 11) is 0. The zero-order valence-corrected chi connectivity index (χ0v) is 25.6. The first-order valence-corrected chi connectivity index (χ1v) is 15.9. The standard InChI is InChI=1S/C44H29N3/c1-3-14-32(15-4-1)43-45-46-44(47(43)36-17-5-2-6-18-36)33-26-24-31(25-27-33)41-37-19-9-11-21-39(37)42(40-22-12-10-20-38(40)41)35-28-23-30-13-7-8-16-34(30)29-35/h1-29H. The van der Waals surface area contributed by atoms with Crippen molar-refractivity contribution in [2.24, 2.45) is 0 Å². The van der Waals surface area contributed by atoms with Crippen LogP contribution in [0.15, 0.2) is 176 Å². The smallest absolute Gasteiger partial charge is 0.168 e. The third-order valence-corrected chi connectivity index (χ3v) is 9.11. The van der Waals surface area contributed by atoms with Gasteiger partial charge in [-0.25, -0.2) is 0 Å². The molecule has 0 aliphatic carbocycles. The SMILES string of the molecule is c1ccc(-c2nnc(-c3ccc(-c4c5ccccc5c(-c5ccc6ccccc6c5)c5ccccc45)cc3)n2-c2ccccc2)cc1. The Hall–Kier alpha value is -6.32. The van der Waals surface area contributed by atoms with Gasteiger partial charge in [0.25, 0.3) is 0 Å². The van der Waals surface area contributed by atoms with E-state index in [1.807, 2.05) is 24.3 Å². The van der Waals surface area contributed by atoms with Crippen molar-refractivity contribution >= 4 is 32.3 Å². The Balaban J connectivity index is 1.22. The van der Waals surface area contributed by atoms with Crippen LogP contribution in [0.5, 0.6) is 0 Å². The summed E-state index contributed by atoms with van der Waals surface area (Å²) in [6.45, 7) is 0. The molecule has 0 spiro atoms. The van der Waals surface area contributed by atoms with Crippen molar-refractivity contribution in [3.05, 3.63) is 176 Å². The quantitative estimate of drug-likeness (QED) is 0.184. The summed E-state index contributed by atoms with van der Waals surface area (Å²) < 4.78 is 2.15. The van der Waals surface area contributed by atoms with Crippen LogP contribution in [0, 0.1) is 0 Å². The number of rotatable bonds is 5. The first-order chi connectivity index (χ1) is 23.3. The highest BCUT2D eigenvalue weighted by Crippen LogP contribution is 2.44. The van der Waals surface area contributed by atoms with E-state index in [0.29, 0.717) is 0 Å². The molecule has 47 heavy (non-hydrogen) atoms. The van der Waals surface area contributed by atoms with Gasteiger partial charge in [-0.1, -0.05) is 158 Å². The summed E-state index contributed by atoms with van der Waals surface area (Å²) in [5, 5.41) is 16.9. The maximum Gasteiger partial charge on any atom is 0.168 e. The lowest BCUT2D eigenvalue weighted by atomic mass is 9.85. The lowest BCUT2D eigenvalue weighted by molar-refractivity contribution is 1.07. The Labute approximate surface area is 273 Å². The lowest BCUT2D eigenvalue weighted by Gasteiger charge is -2.18. The van der Waals surface area contributed by atoms with E-state index in [0.717, 1.165) is 28.5 Å². The van der Waals surface area contributed by atoms with Crippen LogP contribution in [0.3, 0.4) is 0 Å². The second kappa shape index (κ2) is 11.2. The highest BCUT2D eigenvalue weighted by Gasteiger charge is 2.19. The first-order valence-electron chi connectivity index (χ1n) is 15.9. The Morgan fingerprint density at radius 3 is 1.34 bits per heavy atom. The fourth-order valence-corrected chi connectivity index (χ4v) is 6.95. The number of nitrogens with zero attached hydrogens (tertiary/aromatic N) is 3. The molecule has 8 aromatic carbocycles. The van der Waals surface area contributed by atoms with Crippen LogP contribution in [0.4, 0.5) is 0 Å². The largest absolute Gasteiger partial charge is 0.275 e. The number of hydrogen-bond acceptors (Lipinski definition) is 2. The van der Waals surface area contributed by atoms with E-state index in [-0.39, 0.29) is 0 Å². The molecule has 0 atom stereocenters. The average Bonchev–Trinajstić information content (AvgIpc) is 3.60. The van der Waals surface area contributed by atoms with Crippen LogP contribution in [-0.2, 0) is 0 Å². The van der Waals surface area contributed by atoms with E-state index in [1.165, 1.54) is 54.6 Å². The van der Waals surface area contributed by atoms with E-state index >= 15 is 0 Å². The van der Waals surface area contributed by atoms with E-state index in [2.05, 4.69) is 161 Å². The molecule has 0 aliphatic heterocycles. The summed E-state index contributed by atoms with van der Waals surface area (Å²) in [4.78, 5) is 0. The van der Waals surface area contributed by atoms with Crippen molar-refractivity contribution < 1.29 is 0 Å². The molecular weight excluding hydrogens is 571 g/mol. The van der Waals surface area contributed by atoms with Crippen LogP contribution in [0.2, 0.25) is 0 Å². The molecule has 0 saturated heterocycles. The number of aromatic nitrogens is 3. The van der Waals surface area contributed by atoms with Gasteiger partial charge in [-0.15, -0.1) is 10.2 Å². The van der Waals surface area contributed by atoms with Crippen molar-refractivity contribution in [3.8, 4) is 50.7 Å². The van der Waals surface area contributed by atoms with Crippen LogP contribution < -0.4 is 0 Å². The third-order valence-electron chi connectivity index (χ3n) is 9.11. The fraction of sp³-hybridized carbons (Fsp3) is 0. The Bertz CT molecular complexity index is 2490. The summed E-state index contributed by atoms with van der Waals surface area (Å²) >= 11 is 0. The molecule has 3 heteroatoms. The van der Waals surface area contributed by atoms with Gasteiger partial charge in [-0.2, -0.15) is 0 Å². The predicted molar refractivity (Wildman–Crippen MR) is 196 cm³/mol. The molecule has 220 valence electrons. The highest BCUT2D eigenvalue weighted by molar-refractivity contribution is 6.21. The molecule has 9 aromatic rings. The normalized spacial score (nSPS) is 11.4. The van der Waals surface area contributed by atoms with Crippen molar-refractivity contribution in [2.75, 3.05) is 0 Å². The Morgan fingerprint density at radius 2 is 0.745 bits per heavy atom. The van der Waals surface area contributed by atoms with Crippen molar-refractivity contribution in [1.29, 1.82) is 0 Å². The molecular formula is C44H29N3. The van der Waals surface area contributed by atoms with Gasteiger partial charge in [0.05, 0.1) is 0 Å². The van der Waals surface area contributed by atoms with Crippen molar-refractivity contribution in [3.63, 3.8) is 0 Å². The summed E-state index contributed by atoms with van der Waals surface area (Å²) in [6, 6.07) is 62.4. The zero-order valence-electron chi connectivity index (χ0n) is 25.6. The van der Waals surface area contributed by atoms with E-state index in [9.17, 15) is 0 Å². The molecule has 0 radical (unpaired) electrons. The lowest BCUT2D eigenvalue weighted by Crippen LogP contribution is -2.00. The van der Waals surface area contributed by atoms with Gasteiger partial charge in [0, 0.05) is 16.8 Å². The molecule has 0 saturated carbocycles. The van der Waals surface area contributed by atoms with Gasteiger partial charge < -0.3 is 0 Å².